The first-order chi connectivity index (χ1) is 11.5. The van der Waals surface area contributed by atoms with Gasteiger partial charge in [0.1, 0.15) is 17.1 Å². The molecule has 1 amide bonds. The summed E-state index contributed by atoms with van der Waals surface area (Å²) in [7, 11) is 5.33. The van der Waals surface area contributed by atoms with Gasteiger partial charge in [0.2, 0.25) is 0 Å². The normalized spacial score (nSPS) is 20.6. The Balaban J connectivity index is 1.90. The van der Waals surface area contributed by atoms with Crippen LogP contribution < -0.4 is 4.74 Å². The Kier molecular flexibility index (Phi) is 4.48. The van der Waals surface area contributed by atoms with Crippen LogP contribution in [0.3, 0.4) is 0 Å². The van der Waals surface area contributed by atoms with Crippen LogP contribution in [0, 0.1) is 5.82 Å². The number of hydrogen-bond donors (Lipinski definition) is 0. The third-order valence-electron chi connectivity index (χ3n) is 4.40. The molecule has 1 aromatic carbocycles. The van der Waals surface area contributed by atoms with Crippen LogP contribution in [0.2, 0.25) is 0 Å². The van der Waals surface area contributed by atoms with Crippen LogP contribution in [0.4, 0.5) is 4.39 Å². The van der Waals surface area contributed by atoms with Gasteiger partial charge in [-0.05, 0) is 26.2 Å². The number of likely N-dealkylation sites (tertiary alicyclic amines) is 1. The molecular formula is C16H20FN5O2. The van der Waals surface area contributed by atoms with Crippen LogP contribution in [0.5, 0.6) is 5.75 Å². The number of amides is 1. The molecule has 8 heteroatoms. The Bertz CT molecular complexity index is 719. The average molecular weight is 333 g/mol. The molecule has 1 aromatic heterocycles. The molecule has 0 spiro atoms. The van der Waals surface area contributed by atoms with Gasteiger partial charge in [-0.2, -0.15) is 0 Å². The van der Waals surface area contributed by atoms with Gasteiger partial charge in [-0.25, -0.2) is 9.07 Å². The summed E-state index contributed by atoms with van der Waals surface area (Å²) in [5, 5.41) is 7.89. The van der Waals surface area contributed by atoms with Crippen molar-refractivity contribution in [1.29, 1.82) is 0 Å². The number of benzene rings is 1. The van der Waals surface area contributed by atoms with Gasteiger partial charge in [-0.1, -0.05) is 11.3 Å². The largest absolute Gasteiger partial charge is 0.496 e. The molecular weight excluding hydrogens is 313 g/mol. The highest BCUT2D eigenvalue weighted by atomic mass is 19.1. The van der Waals surface area contributed by atoms with E-state index in [1.165, 1.54) is 19.2 Å². The summed E-state index contributed by atoms with van der Waals surface area (Å²) in [6.07, 6.45) is 3.38. The van der Waals surface area contributed by atoms with E-state index < -0.39 is 5.82 Å². The Labute approximate surface area is 139 Å². The van der Waals surface area contributed by atoms with E-state index in [0.717, 1.165) is 0 Å². The van der Waals surface area contributed by atoms with Crippen LogP contribution in [0.1, 0.15) is 16.4 Å². The Morgan fingerprint density at radius 3 is 2.79 bits per heavy atom. The Morgan fingerprint density at radius 1 is 1.38 bits per heavy atom. The highest BCUT2D eigenvalue weighted by Crippen LogP contribution is 2.29. The zero-order valence-electron chi connectivity index (χ0n) is 13.9. The van der Waals surface area contributed by atoms with Crippen molar-refractivity contribution < 1.29 is 13.9 Å². The van der Waals surface area contributed by atoms with Crippen molar-refractivity contribution in [3.63, 3.8) is 0 Å². The molecule has 0 bridgehead atoms. The number of rotatable bonds is 4. The number of ether oxygens (including phenoxy) is 1. The number of methoxy groups -OCH3 is 1. The molecule has 2 aromatic rings. The van der Waals surface area contributed by atoms with E-state index in [4.69, 9.17) is 4.74 Å². The lowest BCUT2D eigenvalue weighted by Crippen LogP contribution is -2.37. The standard InChI is InChI=1S/C16H20FN5O2/c1-20(2)12-9-21(10-13(12)22-8-7-18-19-22)16(23)15-11(17)5-4-6-14(15)24-3/h4-8,12-13H,9-10H2,1-3H3/t12-,13+/m1/s1. The fraction of sp³-hybridized carbons (Fsp3) is 0.438. The molecule has 0 aliphatic carbocycles. The average Bonchev–Trinajstić information content (AvgIpc) is 3.22. The Hall–Kier alpha value is -2.48. The second-order valence-corrected chi connectivity index (χ2v) is 6.01. The minimum atomic E-state index is -0.579. The van der Waals surface area contributed by atoms with Gasteiger partial charge in [-0.15, -0.1) is 5.10 Å². The van der Waals surface area contributed by atoms with Gasteiger partial charge >= 0.3 is 0 Å². The van der Waals surface area contributed by atoms with Crippen LogP contribution in [-0.4, -0.2) is 71.0 Å². The van der Waals surface area contributed by atoms with E-state index in [2.05, 4.69) is 10.3 Å². The summed E-state index contributed by atoms with van der Waals surface area (Å²) in [6.45, 7) is 0.913. The van der Waals surface area contributed by atoms with Crippen molar-refractivity contribution in [2.75, 3.05) is 34.3 Å². The number of carbonyl (C=O) groups is 1. The summed E-state index contributed by atoms with van der Waals surface area (Å²) >= 11 is 0. The molecule has 24 heavy (non-hydrogen) atoms. The highest BCUT2D eigenvalue weighted by Gasteiger charge is 2.39. The summed E-state index contributed by atoms with van der Waals surface area (Å²) in [5.41, 5.74) is -0.0308. The lowest BCUT2D eigenvalue weighted by atomic mass is 10.1. The van der Waals surface area contributed by atoms with Gasteiger partial charge in [0, 0.05) is 19.3 Å². The molecule has 7 nitrogen and oxygen atoms in total. The number of carbonyl (C=O) groups excluding carboxylic acids is 1. The highest BCUT2D eigenvalue weighted by molar-refractivity contribution is 5.97. The maximum Gasteiger partial charge on any atom is 0.260 e. The fourth-order valence-corrected chi connectivity index (χ4v) is 3.14. The van der Waals surface area contributed by atoms with Crippen molar-refractivity contribution in [3.05, 3.63) is 42.0 Å². The van der Waals surface area contributed by atoms with Crippen molar-refractivity contribution >= 4 is 5.91 Å². The first kappa shape index (κ1) is 16.4. The van der Waals surface area contributed by atoms with E-state index in [0.29, 0.717) is 13.1 Å². The van der Waals surface area contributed by atoms with Crippen LogP contribution in [-0.2, 0) is 0 Å². The van der Waals surface area contributed by atoms with Crippen molar-refractivity contribution in [3.8, 4) is 5.75 Å². The second-order valence-electron chi connectivity index (χ2n) is 6.01. The third-order valence-corrected chi connectivity index (χ3v) is 4.40. The van der Waals surface area contributed by atoms with Crippen molar-refractivity contribution in [1.82, 2.24) is 24.8 Å². The zero-order chi connectivity index (χ0) is 17.3. The Morgan fingerprint density at radius 2 is 2.17 bits per heavy atom. The minimum absolute atomic E-state index is 0.0308. The molecule has 1 aliphatic heterocycles. The summed E-state index contributed by atoms with van der Waals surface area (Å²) < 4.78 is 21.1. The zero-order valence-corrected chi connectivity index (χ0v) is 13.9. The SMILES string of the molecule is COc1cccc(F)c1C(=O)N1C[C@@H](N(C)C)[C@@H](n2ccnn2)C1. The number of likely N-dealkylation sites (N-methyl/N-ethyl adjacent to an activating group) is 1. The number of halogens is 1. The van der Waals surface area contributed by atoms with Gasteiger partial charge in [-0.3, -0.25) is 4.79 Å². The molecule has 1 aliphatic rings. The topological polar surface area (TPSA) is 63.5 Å². The smallest absolute Gasteiger partial charge is 0.260 e. The number of nitrogens with zero attached hydrogens (tertiary/aromatic N) is 5. The van der Waals surface area contributed by atoms with E-state index in [-0.39, 0.29) is 29.3 Å². The fourth-order valence-electron chi connectivity index (χ4n) is 3.14. The number of aromatic nitrogens is 3. The summed E-state index contributed by atoms with van der Waals surface area (Å²) in [5.74, 6) is -0.713. The molecule has 2 heterocycles. The summed E-state index contributed by atoms with van der Waals surface area (Å²) in [4.78, 5) is 16.5. The van der Waals surface area contributed by atoms with Gasteiger partial charge in [0.25, 0.3) is 5.91 Å². The quantitative estimate of drug-likeness (QED) is 0.837. The first-order valence-electron chi connectivity index (χ1n) is 7.67. The first-order valence-corrected chi connectivity index (χ1v) is 7.67. The summed E-state index contributed by atoms with van der Waals surface area (Å²) in [6, 6.07) is 4.41. The monoisotopic (exact) mass is 333 g/mol. The predicted octanol–water partition coefficient (Wildman–Crippen LogP) is 1.05. The lowest BCUT2D eigenvalue weighted by molar-refractivity contribution is 0.0772. The van der Waals surface area contributed by atoms with E-state index in [9.17, 15) is 9.18 Å². The number of hydrogen-bond acceptors (Lipinski definition) is 5. The lowest BCUT2D eigenvalue weighted by Gasteiger charge is -2.24. The van der Waals surface area contributed by atoms with Crippen LogP contribution >= 0.6 is 0 Å². The minimum Gasteiger partial charge on any atom is -0.496 e. The van der Waals surface area contributed by atoms with E-state index in [1.54, 1.807) is 28.0 Å². The molecule has 128 valence electrons. The van der Waals surface area contributed by atoms with Crippen molar-refractivity contribution in [2.24, 2.45) is 0 Å². The van der Waals surface area contributed by atoms with Crippen LogP contribution in [0.15, 0.2) is 30.6 Å². The van der Waals surface area contributed by atoms with Crippen LogP contribution in [0.25, 0.3) is 0 Å². The van der Waals surface area contributed by atoms with Gasteiger partial charge in [0.05, 0.1) is 25.4 Å². The van der Waals surface area contributed by atoms with Crippen molar-refractivity contribution in [2.45, 2.75) is 12.1 Å². The molecule has 1 fully saturated rings. The third kappa shape index (κ3) is 2.84. The predicted molar refractivity (Wildman–Crippen MR) is 85.4 cm³/mol. The maximum atomic E-state index is 14.2. The van der Waals surface area contributed by atoms with E-state index >= 15 is 0 Å². The molecule has 0 unspecified atom stereocenters. The van der Waals surface area contributed by atoms with Gasteiger partial charge < -0.3 is 14.5 Å². The van der Waals surface area contributed by atoms with E-state index in [1.807, 2.05) is 19.0 Å². The molecule has 0 radical (unpaired) electrons. The maximum absolute atomic E-state index is 14.2. The van der Waals surface area contributed by atoms with Gasteiger partial charge in [0.15, 0.2) is 0 Å². The molecule has 0 N–H and O–H groups in total. The molecule has 1 saturated heterocycles. The molecule has 2 atom stereocenters. The molecule has 0 saturated carbocycles. The second kappa shape index (κ2) is 6.56. The molecule has 3 rings (SSSR count).